The molecule has 1 aliphatic heterocycles. The van der Waals surface area contributed by atoms with Crippen LogP contribution >= 0.6 is 0 Å². The maximum atomic E-state index is 12.1. The topological polar surface area (TPSA) is 49.8 Å². The van der Waals surface area contributed by atoms with Gasteiger partial charge in [-0.2, -0.15) is 0 Å². The van der Waals surface area contributed by atoms with E-state index in [1.165, 1.54) is 0 Å². The van der Waals surface area contributed by atoms with Crippen LogP contribution in [-0.2, 0) is 4.79 Å². The summed E-state index contributed by atoms with van der Waals surface area (Å²) in [6, 6.07) is 9.51. The molecule has 1 fully saturated rings. The van der Waals surface area contributed by atoms with Crippen LogP contribution in [0.1, 0.15) is 26.2 Å². The maximum Gasteiger partial charge on any atom is 0.260 e. The molecule has 1 aromatic rings. The Hall–Kier alpha value is -1.55. The molecular weight excluding hydrogens is 242 g/mol. The highest BCUT2D eigenvalue weighted by Gasteiger charge is 2.29. The second-order valence-electron chi connectivity index (χ2n) is 5.07. The molecule has 1 amide bonds. The molecule has 104 valence electrons. The number of para-hydroxylation sites is 1. The molecule has 0 radical (unpaired) electrons. The number of nitrogens with zero attached hydrogens (tertiary/aromatic N) is 1. The molecule has 1 heterocycles. The van der Waals surface area contributed by atoms with E-state index >= 15 is 0 Å². The first-order chi connectivity index (χ1) is 9.16. The first kappa shape index (κ1) is 13.9. The fourth-order valence-electron chi connectivity index (χ4n) is 2.55. The minimum Gasteiger partial charge on any atom is -0.484 e. The molecular formula is C15H21NO3. The van der Waals surface area contributed by atoms with E-state index in [0.717, 1.165) is 19.4 Å². The Labute approximate surface area is 114 Å². The van der Waals surface area contributed by atoms with Gasteiger partial charge in [-0.15, -0.1) is 0 Å². The number of aliphatic hydroxyl groups is 1. The summed E-state index contributed by atoms with van der Waals surface area (Å²) in [7, 11) is 0. The van der Waals surface area contributed by atoms with E-state index in [2.05, 4.69) is 0 Å². The van der Waals surface area contributed by atoms with Crippen molar-refractivity contribution in [2.75, 3.05) is 13.2 Å². The van der Waals surface area contributed by atoms with Crippen LogP contribution in [0.15, 0.2) is 30.3 Å². The SMILES string of the molecule is CC(O)CC1CCCN1C(=O)COc1ccccc1. The molecule has 19 heavy (non-hydrogen) atoms. The van der Waals surface area contributed by atoms with Crippen LogP contribution in [0.25, 0.3) is 0 Å². The van der Waals surface area contributed by atoms with Crippen LogP contribution in [0.5, 0.6) is 5.75 Å². The number of aliphatic hydroxyl groups excluding tert-OH is 1. The van der Waals surface area contributed by atoms with Crippen molar-refractivity contribution >= 4 is 5.91 Å². The number of hydrogen-bond acceptors (Lipinski definition) is 3. The van der Waals surface area contributed by atoms with E-state index < -0.39 is 0 Å². The van der Waals surface area contributed by atoms with Crippen molar-refractivity contribution in [3.05, 3.63) is 30.3 Å². The summed E-state index contributed by atoms with van der Waals surface area (Å²) < 4.78 is 5.48. The largest absolute Gasteiger partial charge is 0.484 e. The quantitative estimate of drug-likeness (QED) is 0.881. The summed E-state index contributed by atoms with van der Waals surface area (Å²) >= 11 is 0. The highest BCUT2D eigenvalue weighted by molar-refractivity contribution is 5.78. The highest BCUT2D eigenvalue weighted by Crippen LogP contribution is 2.21. The molecule has 1 aromatic carbocycles. The zero-order chi connectivity index (χ0) is 13.7. The maximum absolute atomic E-state index is 12.1. The van der Waals surface area contributed by atoms with E-state index in [4.69, 9.17) is 4.74 Å². The number of carbonyl (C=O) groups excluding carboxylic acids is 1. The van der Waals surface area contributed by atoms with E-state index in [0.29, 0.717) is 12.2 Å². The van der Waals surface area contributed by atoms with Crippen LogP contribution in [0.4, 0.5) is 0 Å². The van der Waals surface area contributed by atoms with Crippen molar-refractivity contribution < 1.29 is 14.6 Å². The fraction of sp³-hybridized carbons (Fsp3) is 0.533. The zero-order valence-electron chi connectivity index (χ0n) is 11.3. The third-order valence-electron chi connectivity index (χ3n) is 3.42. The smallest absolute Gasteiger partial charge is 0.260 e. The van der Waals surface area contributed by atoms with Gasteiger partial charge in [-0.1, -0.05) is 18.2 Å². The number of likely N-dealkylation sites (tertiary alicyclic amines) is 1. The molecule has 1 aliphatic rings. The molecule has 0 aliphatic carbocycles. The van der Waals surface area contributed by atoms with E-state index in [-0.39, 0.29) is 24.7 Å². The van der Waals surface area contributed by atoms with Gasteiger partial charge >= 0.3 is 0 Å². The normalized spacial score (nSPS) is 20.3. The summed E-state index contributed by atoms with van der Waals surface area (Å²) in [5.41, 5.74) is 0. The second kappa shape index (κ2) is 6.57. The van der Waals surface area contributed by atoms with Gasteiger partial charge in [-0.3, -0.25) is 4.79 Å². The van der Waals surface area contributed by atoms with Gasteiger partial charge in [0.15, 0.2) is 6.61 Å². The van der Waals surface area contributed by atoms with Gasteiger partial charge in [0, 0.05) is 12.6 Å². The first-order valence-electron chi connectivity index (χ1n) is 6.82. The lowest BCUT2D eigenvalue weighted by Crippen LogP contribution is -2.39. The number of amides is 1. The number of rotatable bonds is 5. The van der Waals surface area contributed by atoms with Gasteiger partial charge in [-0.05, 0) is 38.3 Å². The second-order valence-corrected chi connectivity index (χ2v) is 5.07. The van der Waals surface area contributed by atoms with Gasteiger partial charge in [0.1, 0.15) is 5.75 Å². The molecule has 2 rings (SSSR count). The monoisotopic (exact) mass is 263 g/mol. The summed E-state index contributed by atoms with van der Waals surface area (Å²) in [4.78, 5) is 14.0. The summed E-state index contributed by atoms with van der Waals surface area (Å²) in [5.74, 6) is 0.717. The lowest BCUT2D eigenvalue weighted by atomic mass is 10.1. The number of ether oxygens (including phenoxy) is 1. The van der Waals surface area contributed by atoms with Gasteiger partial charge < -0.3 is 14.7 Å². The Morgan fingerprint density at radius 2 is 2.21 bits per heavy atom. The Morgan fingerprint density at radius 3 is 2.89 bits per heavy atom. The molecule has 0 saturated carbocycles. The molecule has 4 heteroatoms. The summed E-state index contributed by atoms with van der Waals surface area (Å²) in [6.07, 6.45) is 2.27. The van der Waals surface area contributed by atoms with Crippen LogP contribution in [0, 0.1) is 0 Å². The van der Waals surface area contributed by atoms with Crippen molar-refractivity contribution in [3.8, 4) is 5.75 Å². The average molecular weight is 263 g/mol. The minimum atomic E-state index is -0.367. The summed E-state index contributed by atoms with van der Waals surface area (Å²) in [5, 5.41) is 9.45. The van der Waals surface area contributed by atoms with Crippen LogP contribution in [-0.4, -0.2) is 41.2 Å². The lowest BCUT2D eigenvalue weighted by Gasteiger charge is -2.25. The number of carbonyl (C=O) groups is 1. The molecule has 0 bridgehead atoms. The standard InChI is InChI=1S/C15H21NO3/c1-12(17)10-13-6-5-9-16(13)15(18)11-19-14-7-3-2-4-8-14/h2-4,7-8,12-13,17H,5-6,9-11H2,1H3. The predicted molar refractivity (Wildman–Crippen MR) is 73.0 cm³/mol. The Balaban J connectivity index is 1.85. The van der Waals surface area contributed by atoms with E-state index in [9.17, 15) is 9.90 Å². The molecule has 2 atom stereocenters. The average Bonchev–Trinajstić information content (AvgIpc) is 2.84. The van der Waals surface area contributed by atoms with Crippen molar-refractivity contribution in [1.82, 2.24) is 4.90 Å². The fourth-order valence-corrected chi connectivity index (χ4v) is 2.55. The molecule has 0 aromatic heterocycles. The Morgan fingerprint density at radius 1 is 1.47 bits per heavy atom. The summed E-state index contributed by atoms with van der Waals surface area (Å²) in [6.45, 7) is 2.61. The third kappa shape index (κ3) is 3.96. The van der Waals surface area contributed by atoms with Crippen LogP contribution < -0.4 is 4.74 Å². The molecule has 0 spiro atoms. The third-order valence-corrected chi connectivity index (χ3v) is 3.42. The van der Waals surface area contributed by atoms with E-state index in [1.807, 2.05) is 35.2 Å². The molecule has 1 N–H and O–H groups in total. The van der Waals surface area contributed by atoms with Crippen LogP contribution in [0.2, 0.25) is 0 Å². The van der Waals surface area contributed by atoms with Crippen molar-refractivity contribution in [1.29, 1.82) is 0 Å². The predicted octanol–water partition coefficient (Wildman–Crippen LogP) is 1.83. The minimum absolute atomic E-state index is 0.00648. The van der Waals surface area contributed by atoms with E-state index in [1.54, 1.807) is 6.92 Å². The molecule has 4 nitrogen and oxygen atoms in total. The lowest BCUT2D eigenvalue weighted by molar-refractivity contribution is -0.134. The zero-order valence-corrected chi connectivity index (χ0v) is 11.3. The number of hydrogen-bond donors (Lipinski definition) is 1. The molecule has 2 unspecified atom stereocenters. The van der Waals surface area contributed by atoms with Crippen LogP contribution in [0.3, 0.4) is 0 Å². The highest BCUT2D eigenvalue weighted by atomic mass is 16.5. The van der Waals surface area contributed by atoms with Crippen molar-refractivity contribution in [2.45, 2.75) is 38.3 Å². The Kier molecular flexibility index (Phi) is 4.80. The van der Waals surface area contributed by atoms with Crippen molar-refractivity contribution in [2.24, 2.45) is 0 Å². The first-order valence-corrected chi connectivity index (χ1v) is 6.82. The molecule has 1 saturated heterocycles. The number of benzene rings is 1. The Bertz CT molecular complexity index is 405. The van der Waals surface area contributed by atoms with Gasteiger partial charge in [0.25, 0.3) is 5.91 Å². The van der Waals surface area contributed by atoms with Crippen molar-refractivity contribution in [3.63, 3.8) is 0 Å². The van der Waals surface area contributed by atoms with Gasteiger partial charge in [0.2, 0.25) is 0 Å². The van der Waals surface area contributed by atoms with Gasteiger partial charge in [-0.25, -0.2) is 0 Å². The van der Waals surface area contributed by atoms with Gasteiger partial charge in [0.05, 0.1) is 6.10 Å².